The zero-order chi connectivity index (χ0) is 14.0. The van der Waals surface area contributed by atoms with Crippen LogP contribution in [0.2, 0.25) is 0 Å². The molecule has 0 bridgehead atoms. The van der Waals surface area contributed by atoms with Crippen molar-refractivity contribution < 1.29 is 4.79 Å². The highest BCUT2D eigenvalue weighted by molar-refractivity contribution is 5.91. The predicted octanol–water partition coefficient (Wildman–Crippen LogP) is 2.17. The summed E-state index contributed by atoms with van der Waals surface area (Å²) in [7, 11) is 3.41. The van der Waals surface area contributed by atoms with Gasteiger partial charge >= 0.3 is 0 Å². The molecule has 0 aliphatic heterocycles. The lowest BCUT2D eigenvalue weighted by atomic mass is 9.92. The van der Waals surface area contributed by atoms with Gasteiger partial charge < -0.3 is 10.2 Å². The maximum atomic E-state index is 11.7. The highest BCUT2D eigenvalue weighted by atomic mass is 16.2. The second kappa shape index (κ2) is 5.15. The van der Waals surface area contributed by atoms with Crippen LogP contribution >= 0.6 is 0 Å². The molecule has 5 nitrogen and oxygen atoms in total. The number of carbonyl (C=O) groups excluding carboxylic acids is 1. The van der Waals surface area contributed by atoms with Gasteiger partial charge in [-0.05, 0) is 36.8 Å². The van der Waals surface area contributed by atoms with Gasteiger partial charge in [-0.15, -0.1) is 10.2 Å². The smallest absolute Gasteiger partial charge is 0.273 e. The minimum Gasteiger partial charge on any atom is -0.366 e. The Morgan fingerprint density at radius 2 is 2.11 bits per heavy atom. The molecule has 0 saturated heterocycles. The molecular formula is C14H22N4O. The second-order valence-electron chi connectivity index (χ2n) is 6.25. The molecule has 1 saturated carbocycles. The molecule has 0 aromatic carbocycles. The standard InChI is InChI=1S/C14H22N4O/c1-14(2)8-7-10(9-14)15-12-6-5-11(16-17-12)13(19)18(3)4/h5-6,10H,7-9H2,1-4H3,(H,15,17). The van der Waals surface area contributed by atoms with Crippen LogP contribution in [0.1, 0.15) is 43.6 Å². The van der Waals surface area contributed by atoms with Gasteiger partial charge in [0.1, 0.15) is 5.82 Å². The molecule has 0 spiro atoms. The Hall–Kier alpha value is -1.65. The Morgan fingerprint density at radius 3 is 2.58 bits per heavy atom. The van der Waals surface area contributed by atoms with Crippen LogP contribution in [-0.4, -0.2) is 41.1 Å². The van der Waals surface area contributed by atoms with E-state index in [0.717, 1.165) is 18.7 Å². The first kappa shape index (κ1) is 13.8. The fourth-order valence-corrected chi connectivity index (χ4v) is 2.52. The summed E-state index contributed by atoms with van der Waals surface area (Å²) in [5, 5.41) is 11.5. The molecule has 1 aromatic rings. The average Bonchev–Trinajstić information content (AvgIpc) is 2.68. The average molecular weight is 262 g/mol. The topological polar surface area (TPSA) is 58.1 Å². The van der Waals surface area contributed by atoms with E-state index in [1.54, 1.807) is 20.2 Å². The number of nitrogens with zero attached hydrogens (tertiary/aromatic N) is 3. The van der Waals surface area contributed by atoms with Crippen LogP contribution in [0.3, 0.4) is 0 Å². The molecule has 5 heteroatoms. The van der Waals surface area contributed by atoms with Crippen LogP contribution in [0.25, 0.3) is 0 Å². The van der Waals surface area contributed by atoms with Gasteiger partial charge in [-0.3, -0.25) is 4.79 Å². The third kappa shape index (κ3) is 3.43. The molecule has 1 fully saturated rings. The van der Waals surface area contributed by atoms with E-state index < -0.39 is 0 Å². The summed E-state index contributed by atoms with van der Waals surface area (Å²) in [6.45, 7) is 4.58. The van der Waals surface area contributed by atoms with Gasteiger partial charge in [0.15, 0.2) is 5.69 Å². The van der Waals surface area contributed by atoms with E-state index in [1.165, 1.54) is 11.3 Å². The van der Waals surface area contributed by atoms with Crippen molar-refractivity contribution in [3.8, 4) is 0 Å². The van der Waals surface area contributed by atoms with Gasteiger partial charge in [-0.2, -0.15) is 0 Å². The van der Waals surface area contributed by atoms with Crippen molar-refractivity contribution in [3.05, 3.63) is 17.8 Å². The normalized spacial score (nSPS) is 21.2. The molecule has 104 valence electrons. The number of aromatic nitrogens is 2. The summed E-state index contributed by atoms with van der Waals surface area (Å²) in [5.41, 5.74) is 0.786. The molecule has 1 aromatic heterocycles. The van der Waals surface area contributed by atoms with E-state index in [9.17, 15) is 4.79 Å². The molecule has 1 aliphatic carbocycles. The quantitative estimate of drug-likeness (QED) is 0.907. The van der Waals surface area contributed by atoms with Crippen LogP contribution in [-0.2, 0) is 0 Å². The summed E-state index contributed by atoms with van der Waals surface area (Å²) in [6.07, 6.45) is 3.54. The minimum absolute atomic E-state index is 0.124. The van der Waals surface area contributed by atoms with Crippen molar-refractivity contribution in [2.24, 2.45) is 5.41 Å². The second-order valence-corrected chi connectivity index (χ2v) is 6.25. The molecule has 19 heavy (non-hydrogen) atoms. The molecule has 2 rings (SSSR count). The first-order chi connectivity index (χ1) is 8.87. The van der Waals surface area contributed by atoms with Crippen LogP contribution in [0.4, 0.5) is 5.82 Å². The van der Waals surface area contributed by atoms with Gasteiger partial charge in [0.25, 0.3) is 5.91 Å². The molecule has 1 atom stereocenters. The number of nitrogens with one attached hydrogen (secondary N) is 1. The largest absolute Gasteiger partial charge is 0.366 e. The highest BCUT2D eigenvalue weighted by Gasteiger charge is 2.30. The third-order valence-corrected chi connectivity index (χ3v) is 3.61. The van der Waals surface area contributed by atoms with Crippen LogP contribution < -0.4 is 5.32 Å². The molecule has 1 heterocycles. The minimum atomic E-state index is -0.124. The van der Waals surface area contributed by atoms with Crippen molar-refractivity contribution in [3.63, 3.8) is 0 Å². The lowest BCUT2D eigenvalue weighted by Gasteiger charge is -2.18. The first-order valence-electron chi connectivity index (χ1n) is 6.69. The van der Waals surface area contributed by atoms with Gasteiger partial charge in [0.05, 0.1) is 0 Å². The molecule has 1 N–H and O–H groups in total. The SMILES string of the molecule is CN(C)C(=O)c1ccc(NC2CCC(C)(C)C2)nn1. The lowest BCUT2D eigenvalue weighted by molar-refractivity contribution is 0.0821. The van der Waals surface area contributed by atoms with Crippen molar-refractivity contribution >= 4 is 11.7 Å². The maximum Gasteiger partial charge on any atom is 0.273 e. The van der Waals surface area contributed by atoms with Crippen LogP contribution in [0, 0.1) is 5.41 Å². The van der Waals surface area contributed by atoms with Crippen LogP contribution in [0.5, 0.6) is 0 Å². The van der Waals surface area contributed by atoms with E-state index in [2.05, 4.69) is 29.4 Å². The summed E-state index contributed by atoms with van der Waals surface area (Å²) in [5.74, 6) is 0.624. The summed E-state index contributed by atoms with van der Waals surface area (Å²) in [6, 6.07) is 4.01. The third-order valence-electron chi connectivity index (χ3n) is 3.61. The zero-order valence-electron chi connectivity index (χ0n) is 12.1. The zero-order valence-corrected chi connectivity index (χ0v) is 12.1. The monoisotopic (exact) mass is 262 g/mol. The number of carbonyl (C=O) groups is 1. The number of anilines is 1. The van der Waals surface area contributed by atoms with E-state index in [0.29, 0.717) is 17.2 Å². The molecule has 1 amide bonds. The molecule has 1 aliphatic rings. The first-order valence-corrected chi connectivity index (χ1v) is 6.69. The molecular weight excluding hydrogens is 240 g/mol. The van der Waals surface area contributed by atoms with Crippen molar-refractivity contribution in [1.82, 2.24) is 15.1 Å². The van der Waals surface area contributed by atoms with E-state index in [-0.39, 0.29) is 5.91 Å². The Morgan fingerprint density at radius 1 is 1.37 bits per heavy atom. The maximum absolute atomic E-state index is 11.7. The van der Waals surface area contributed by atoms with Gasteiger partial charge in [-0.1, -0.05) is 13.8 Å². The van der Waals surface area contributed by atoms with Crippen LogP contribution in [0.15, 0.2) is 12.1 Å². The molecule has 0 radical (unpaired) electrons. The number of amides is 1. The Kier molecular flexibility index (Phi) is 3.73. The number of hydrogen-bond donors (Lipinski definition) is 1. The summed E-state index contributed by atoms with van der Waals surface area (Å²) < 4.78 is 0. The Balaban J connectivity index is 1.98. The highest BCUT2D eigenvalue weighted by Crippen LogP contribution is 2.37. The number of hydrogen-bond acceptors (Lipinski definition) is 4. The fourth-order valence-electron chi connectivity index (χ4n) is 2.52. The fraction of sp³-hybridized carbons (Fsp3) is 0.643. The van der Waals surface area contributed by atoms with Crippen molar-refractivity contribution in [2.75, 3.05) is 19.4 Å². The lowest BCUT2D eigenvalue weighted by Crippen LogP contribution is -2.23. The summed E-state index contributed by atoms with van der Waals surface area (Å²) in [4.78, 5) is 13.2. The number of rotatable bonds is 3. The van der Waals surface area contributed by atoms with E-state index >= 15 is 0 Å². The molecule has 1 unspecified atom stereocenters. The van der Waals surface area contributed by atoms with Gasteiger partial charge in [0.2, 0.25) is 0 Å². The Labute approximate surface area is 114 Å². The van der Waals surface area contributed by atoms with E-state index in [4.69, 9.17) is 0 Å². The van der Waals surface area contributed by atoms with E-state index in [1.807, 2.05) is 6.07 Å². The van der Waals surface area contributed by atoms with Crippen molar-refractivity contribution in [1.29, 1.82) is 0 Å². The van der Waals surface area contributed by atoms with Crippen molar-refractivity contribution in [2.45, 2.75) is 39.2 Å². The predicted molar refractivity (Wildman–Crippen MR) is 75.1 cm³/mol. The van der Waals surface area contributed by atoms with Gasteiger partial charge in [0, 0.05) is 20.1 Å². The Bertz CT molecular complexity index is 453. The van der Waals surface area contributed by atoms with Gasteiger partial charge in [-0.25, -0.2) is 0 Å². The summed E-state index contributed by atoms with van der Waals surface area (Å²) >= 11 is 0.